The van der Waals surface area contributed by atoms with Crippen LogP contribution in [0, 0.1) is 11.7 Å². The molecule has 2 aliphatic heterocycles. The van der Waals surface area contributed by atoms with E-state index < -0.39 is 15.6 Å². The monoisotopic (exact) mass is 432 g/mol. The summed E-state index contributed by atoms with van der Waals surface area (Å²) >= 11 is 0. The zero-order valence-corrected chi connectivity index (χ0v) is 17.8. The lowest BCUT2D eigenvalue weighted by molar-refractivity contribution is -0.135. The summed E-state index contributed by atoms with van der Waals surface area (Å²) in [6.07, 6.45) is 0.614. The molecule has 0 atom stereocenters. The van der Waals surface area contributed by atoms with Crippen molar-refractivity contribution in [2.45, 2.75) is 37.2 Å². The fourth-order valence-electron chi connectivity index (χ4n) is 3.93. The van der Waals surface area contributed by atoms with Crippen molar-refractivity contribution < 1.29 is 22.3 Å². The minimum atomic E-state index is -3.82. The Labute approximate surface area is 176 Å². The van der Waals surface area contributed by atoms with Gasteiger partial charge in [0, 0.05) is 19.0 Å². The molecule has 1 N–H and O–H groups in total. The van der Waals surface area contributed by atoms with Gasteiger partial charge in [0.25, 0.3) is 0 Å². The highest BCUT2D eigenvalue weighted by molar-refractivity contribution is 7.89. The Hall–Kier alpha value is -2.29. The van der Waals surface area contributed by atoms with Crippen LogP contribution < -0.4 is 4.72 Å². The van der Waals surface area contributed by atoms with E-state index in [0.29, 0.717) is 25.1 Å². The molecule has 160 valence electrons. The van der Waals surface area contributed by atoms with Gasteiger partial charge in [-0.25, -0.2) is 12.8 Å². The number of rotatable bonds is 5. The molecule has 1 saturated heterocycles. The summed E-state index contributed by atoms with van der Waals surface area (Å²) in [6, 6.07) is 10.8. The predicted octanol–water partition coefficient (Wildman–Crippen LogP) is 2.57. The smallest absolute Gasteiger partial charge is 0.241 e. The molecule has 0 saturated carbocycles. The first-order valence-electron chi connectivity index (χ1n) is 9.99. The van der Waals surface area contributed by atoms with Crippen LogP contribution in [0.15, 0.2) is 47.4 Å². The number of hydrogen-bond acceptors (Lipinski definition) is 4. The van der Waals surface area contributed by atoms with Crippen molar-refractivity contribution in [2.24, 2.45) is 5.92 Å². The largest absolute Gasteiger partial charge is 0.377 e. The van der Waals surface area contributed by atoms with Crippen molar-refractivity contribution in [3.8, 4) is 0 Å². The highest BCUT2D eigenvalue weighted by Gasteiger charge is 2.44. The Morgan fingerprint density at radius 1 is 1.13 bits per heavy atom. The Kier molecular flexibility index (Phi) is 5.42. The molecule has 0 spiro atoms. The van der Waals surface area contributed by atoms with E-state index in [4.69, 9.17) is 4.74 Å². The van der Waals surface area contributed by atoms with Crippen LogP contribution in [0.3, 0.4) is 0 Å². The van der Waals surface area contributed by atoms with Gasteiger partial charge in [0.2, 0.25) is 15.9 Å². The Bertz CT molecular complexity index is 1060. The molecule has 1 amide bonds. The van der Waals surface area contributed by atoms with E-state index in [-0.39, 0.29) is 35.8 Å². The van der Waals surface area contributed by atoms with Crippen molar-refractivity contribution in [3.63, 3.8) is 0 Å². The number of amides is 1. The molecule has 8 heteroatoms. The van der Waals surface area contributed by atoms with Gasteiger partial charge in [-0.15, -0.1) is 0 Å². The number of hydrogen-bond donors (Lipinski definition) is 1. The van der Waals surface area contributed by atoms with Crippen LogP contribution in [-0.4, -0.2) is 39.0 Å². The summed E-state index contributed by atoms with van der Waals surface area (Å²) in [6.45, 7) is 5.20. The second-order valence-corrected chi connectivity index (χ2v) is 9.96. The lowest BCUT2D eigenvalue weighted by Crippen LogP contribution is -2.59. The van der Waals surface area contributed by atoms with Crippen molar-refractivity contribution in [1.82, 2.24) is 9.62 Å². The molecule has 0 aliphatic carbocycles. The van der Waals surface area contributed by atoms with Gasteiger partial charge in [0.1, 0.15) is 11.4 Å². The average molecular weight is 433 g/mol. The zero-order valence-electron chi connectivity index (χ0n) is 17.0. The number of fused-ring (bicyclic) bond motifs is 1. The summed E-state index contributed by atoms with van der Waals surface area (Å²) in [7, 11) is -3.82. The van der Waals surface area contributed by atoms with Gasteiger partial charge in [-0.2, -0.15) is 4.72 Å². The number of benzene rings is 2. The van der Waals surface area contributed by atoms with Crippen LogP contribution in [0.1, 0.15) is 30.5 Å². The molecule has 2 aromatic rings. The maximum absolute atomic E-state index is 13.3. The van der Waals surface area contributed by atoms with Gasteiger partial charge in [-0.05, 0) is 47.4 Å². The van der Waals surface area contributed by atoms with Crippen LogP contribution in [0.25, 0.3) is 0 Å². The minimum Gasteiger partial charge on any atom is -0.377 e. The van der Waals surface area contributed by atoms with Gasteiger partial charge in [-0.3, -0.25) is 4.79 Å². The summed E-state index contributed by atoms with van der Waals surface area (Å²) < 4.78 is 47.6. The van der Waals surface area contributed by atoms with Crippen LogP contribution in [0.4, 0.5) is 4.39 Å². The third-order valence-electron chi connectivity index (χ3n) is 5.73. The topological polar surface area (TPSA) is 75.7 Å². The first-order chi connectivity index (χ1) is 14.2. The van der Waals surface area contributed by atoms with Crippen molar-refractivity contribution >= 4 is 15.9 Å². The molecule has 30 heavy (non-hydrogen) atoms. The molecule has 2 heterocycles. The second-order valence-electron chi connectivity index (χ2n) is 8.28. The number of carbonyl (C=O) groups is 1. The molecule has 0 unspecified atom stereocenters. The molecule has 0 bridgehead atoms. The second kappa shape index (κ2) is 7.76. The predicted molar refractivity (Wildman–Crippen MR) is 110 cm³/mol. The van der Waals surface area contributed by atoms with Crippen molar-refractivity contribution in [1.29, 1.82) is 0 Å². The molecule has 4 rings (SSSR count). The lowest BCUT2D eigenvalue weighted by Gasteiger charge is -2.42. The molecule has 2 aromatic carbocycles. The molecular formula is C22H25FN2O4S. The minimum absolute atomic E-state index is 0.0669. The van der Waals surface area contributed by atoms with Crippen LogP contribution in [0.2, 0.25) is 0 Å². The van der Waals surface area contributed by atoms with Gasteiger partial charge < -0.3 is 9.64 Å². The van der Waals surface area contributed by atoms with E-state index in [2.05, 4.69) is 4.72 Å². The number of nitrogens with one attached hydrogen (secondary N) is 1. The van der Waals surface area contributed by atoms with Crippen molar-refractivity contribution in [3.05, 3.63) is 65.0 Å². The highest BCUT2D eigenvalue weighted by atomic mass is 32.2. The number of sulfonamides is 1. The summed E-state index contributed by atoms with van der Waals surface area (Å²) in [5.74, 6) is -0.343. The van der Waals surface area contributed by atoms with Crippen LogP contribution in [0.5, 0.6) is 0 Å². The highest BCUT2D eigenvalue weighted by Crippen LogP contribution is 2.32. The maximum atomic E-state index is 13.3. The first kappa shape index (κ1) is 21.0. The van der Waals surface area contributed by atoms with Gasteiger partial charge >= 0.3 is 0 Å². The number of nitrogens with zero attached hydrogens (tertiary/aromatic N) is 1. The third kappa shape index (κ3) is 3.87. The summed E-state index contributed by atoms with van der Waals surface area (Å²) in [4.78, 5) is 14.3. The van der Waals surface area contributed by atoms with E-state index >= 15 is 0 Å². The SMILES string of the molecule is CC(C)C(=O)N1CCc2cc(S(=O)(=O)NC3(c4ccc(F)cc4)COC3)ccc2C1. The van der Waals surface area contributed by atoms with Gasteiger partial charge in [0.05, 0.1) is 18.1 Å². The van der Waals surface area contributed by atoms with E-state index in [1.54, 1.807) is 30.3 Å². The van der Waals surface area contributed by atoms with E-state index in [9.17, 15) is 17.6 Å². The average Bonchev–Trinajstić information content (AvgIpc) is 2.70. The molecule has 1 fully saturated rings. The Balaban J connectivity index is 1.57. The number of ether oxygens (including phenoxy) is 1. The first-order valence-corrected chi connectivity index (χ1v) is 11.5. The zero-order chi connectivity index (χ0) is 21.5. The van der Waals surface area contributed by atoms with Crippen molar-refractivity contribution in [2.75, 3.05) is 19.8 Å². The summed E-state index contributed by atoms with van der Waals surface area (Å²) in [5.41, 5.74) is 1.67. The van der Waals surface area contributed by atoms with Crippen LogP contribution >= 0.6 is 0 Å². The number of carbonyl (C=O) groups excluding carboxylic acids is 1. The number of halogens is 1. The lowest BCUT2D eigenvalue weighted by atomic mass is 9.89. The normalized spacial score (nSPS) is 18.1. The fraction of sp³-hybridized carbons (Fsp3) is 0.409. The van der Waals surface area contributed by atoms with E-state index in [0.717, 1.165) is 11.1 Å². The van der Waals surface area contributed by atoms with E-state index in [1.165, 1.54) is 12.1 Å². The maximum Gasteiger partial charge on any atom is 0.241 e. The van der Waals surface area contributed by atoms with Gasteiger partial charge in [0.15, 0.2) is 0 Å². The molecule has 0 aromatic heterocycles. The molecule has 2 aliphatic rings. The van der Waals surface area contributed by atoms with Gasteiger partial charge in [-0.1, -0.05) is 32.0 Å². The Morgan fingerprint density at radius 2 is 1.83 bits per heavy atom. The fourth-order valence-corrected chi connectivity index (χ4v) is 5.34. The van der Waals surface area contributed by atoms with Crippen LogP contribution in [-0.2, 0) is 38.1 Å². The third-order valence-corrected chi connectivity index (χ3v) is 7.26. The molecular weight excluding hydrogens is 407 g/mol. The Morgan fingerprint density at radius 3 is 2.43 bits per heavy atom. The molecule has 0 radical (unpaired) electrons. The molecule has 6 nitrogen and oxygen atoms in total. The summed E-state index contributed by atoms with van der Waals surface area (Å²) in [5, 5.41) is 0. The quantitative estimate of drug-likeness (QED) is 0.788. The van der Waals surface area contributed by atoms with E-state index in [1.807, 2.05) is 18.7 Å². The standard InChI is InChI=1S/C22H25FN2O4S/c1-15(2)21(26)25-10-9-16-11-20(8-3-17(16)12-25)30(27,28)24-22(13-29-14-22)18-4-6-19(23)7-5-18/h3-8,11,15,24H,9-10,12-14H2,1-2H3.